The van der Waals surface area contributed by atoms with Crippen molar-refractivity contribution in [2.45, 2.75) is 32.8 Å². The van der Waals surface area contributed by atoms with Crippen molar-refractivity contribution in [1.29, 1.82) is 0 Å². The Kier molecular flexibility index (Phi) is 8.34. The predicted octanol–water partition coefficient (Wildman–Crippen LogP) is 2.11. The molecule has 0 spiro atoms. The van der Waals surface area contributed by atoms with Crippen molar-refractivity contribution in [2.24, 2.45) is 5.92 Å². The zero-order valence-corrected chi connectivity index (χ0v) is 15.4. The number of aliphatic hydroxyl groups is 2. The second kappa shape index (κ2) is 9.98. The Bertz CT molecular complexity index is 585. The standard InChI is InChI=1S/C18H27NO7/c1-13(16(22)25-12-14(10-20)11-21)7-8-19(15-6-5-9-24-15)17(23)26-18(2,3)4/h5-6,9,14,20-21H,1,7-8,10-12H2,2-4H3. The van der Waals surface area contributed by atoms with Gasteiger partial charge in [0.1, 0.15) is 5.60 Å². The lowest BCUT2D eigenvalue weighted by Crippen LogP contribution is -2.37. The van der Waals surface area contributed by atoms with Gasteiger partial charge in [0.15, 0.2) is 0 Å². The van der Waals surface area contributed by atoms with Crippen molar-refractivity contribution in [3.05, 3.63) is 30.5 Å². The van der Waals surface area contributed by atoms with Crippen LogP contribution in [0, 0.1) is 5.92 Å². The zero-order valence-electron chi connectivity index (χ0n) is 15.4. The SMILES string of the molecule is C=C(CCN(C(=O)OC(C)(C)C)c1ccco1)C(=O)OCC(CO)CO. The lowest BCUT2D eigenvalue weighted by atomic mass is 10.2. The number of rotatable bonds is 9. The fraction of sp³-hybridized carbons (Fsp3) is 0.556. The molecule has 0 radical (unpaired) electrons. The summed E-state index contributed by atoms with van der Waals surface area (Å²) < 4.78 is 15.6. The van der Waals surface area contributed by atoms with E-state index in [2.05, 4.69) is 6.58 Å². The molecule has 1 rings (SSSR count). The summed E-state index contributed by atoms with van der Waals surface area (Å²) in [5, 5.41) is 17.9. The highest BCUT2D eigenvalue weighted by molar-refractivity contribution is 5.89. The fourth-order valence-corrected chi connectivity index (χ4v) is 1.84. The van der Waals surface area contributed by atoms with Crippen LogP contribution in [0.2, 0.25) is 0 Å². The summed E-state index contributed by atoms with van der Waals surface area (Å²) in [7, 11) is 0. The molecule has 146 valence electrons. The normalized spacial score (nSPS) is 11.3. The van der Waals surface area contributed by atoms with Crippen LogP contribution in [-0.2, 0) is 14.3 Å². The van der Waals surface area contributed by atoms with E-state index in [1.807, 2.05) is 0 Å². The van der Waals surface area contributed by atoms with Crippen LogP contribution in [0.25, 0.3) is 0 Å². The maximum absolute atomic E-state index is 12.4. The number of anilines is 1. The van der Waals surface area contributed by atoms with E-state index < -0.39 is 23.6 Å². The summed E-state index contributed by atoms with van der Waals surface area (Å²) in [6.45, 7) is 8.33. The van der Waals surface area contributed by atoms with Gasteiger partial charge in [0.05, 0.1) is 26.1 Å². The molecular weight excluding hydrogens is 342 g/mol. The number of furan rings is 1. The summed E-state index contributed by atoms with van der Waals surface area (Å²) in [6.07, 6.45) is 0.968. The quantitative estimate of drug-likeness (QED) is 0.507. The molecule has 0 fully saturated rings. The highest BCUT2D eigenvalue weighted by Crippen LogP contribution is 2.20. The van der Waals surface area contributed by atoms with Gasteiger partial charge in [0.25, 0.3) is 0 Å². The van der Waals surface area contributed by atoms with Crippen LogP contribution in [0.1, 0.15) is 27.2 Å². The molecule has 0 atom stereocenters. The summed E-state index contributed by atoms with van der Waals surface area (Å²) >= 11 is 0. The molecule has 1 aromatic rings. The van der Waals surface area contributed by atoms with Crippen LogP contribution in [0.5, 0.6) is 0 Å². The first kappa shape index (κ1) is 21.7. The molecule has 8 nitrogen and oxygen atoms in total. The number of ether oxygens (including phenoxy) is 2. The van der Waals surface area contributed by atoms with Crippen LogP contribution < -0.4 is 4.90 Å². The van der Waals surface area contributed by atoms with Crippen molar-refractivity contribution in [3.8, 4) is 0 Å². The van der Waals surface area contributed by atoms with Crippen LogP contribution in [-0.4, -0.2) is 54.2 Å². The molecular formula is C18H27NO7. The lowest BCUT2D eigenvalue weighted by Gasteiger charge is -2.26. The second-order valence-electron chi connectivity index (χ2n) is 6.77. The molecule has 1 aromatic heterocycles. The zero-order chi connectivity index (χ0) is 19.7. The molecule has 0 saturated carbocycles. The first-order valence-corrected chi connectivity index (χ1v) is 8.28. The van der Waals surface area contributed by atoms with Gasteiger partial charge in [-0.2, -0.15) is 0 Å². The van der Waals surface area contributed by atoms with E-state index >= 15 is 0 Å². The third-order valence-corrected chi connectivity index (χ3v) is 3.28. The number of carbonyl (C=O) groups excluding carboxylic acids is 2. The minimum atomic E-state index is -0.679. The average molecular weight is 369 g/mol. The molecule has 0 aliphatic heterocycles. The minimum Gasteiger partial charge on any atom is -0.462 e. The maximum Gasteiger partial charge on any atom is 0.417 e. The fourth-order valence-electron chi connectivity index (χ4n) is 1.84. The van der Waals surface area contributed by atoms with Crippen molar-refractivity contribution >= 4 is 17.9 Å². The highest BCUT2D eigenvalue weighted by atomic mass is 16.6. The topological polar surface area (TPSA) is 109 Å². The molecule has 1 amide bonds. The first-order valence-electron chi connectivity index (χ1n) is 8.28. The van der Waals surface area contributed by atoms with Crippen molar-refractivity contribution in [1.82, 2.24) is 0 Å². The maximum atomic E-state index is 12.4. The number of nitrogens with zero attached hydrogens (tertiary/aromatic N) is 1. The Balaban J connectivity index is 2.64. The Morgan fingerprint density at radius 2 is 1.96 bits per heavy atom. The Labute approximate surface area is 153 Å². The van der Waals surface area contributed by atoms with Crippen LogP contribution in [0.3, 0.4) is 0 Å². The highest BCUT2D eigenvalue weighted by Gasteiger charge is 2.25. The van der Waals surface area contributed by atoms with Gasteiger partial charge in [0.2, 0.25) is 5.88 Å². The third-order valence-electron chi connectivity index (χ3n) is 3.28. The van der Waals surface area contributed by atoms with E-state index in [9.17, 15) is 9.59 Å². The molecule has 0 bridgehead atoms. The second-order valence-corrected chi connectivity index (χ2v) is 6.77. The van der Waals surface area contributed by atoms with E-state index in [1.54, 1.807) is 32.9 Å². The van der Waals surface area contributed by atoms with E-state index in [1.165, 1.54) is 11.2 Å². The number of carbonyl (C=O) groups is 2. The van der Waals surface area contributed by atoms with Crippen LogP contribution in [0.15, 0.2) is 35.0 Å². The molecule has 26 heavy (non-hydrogen) atoms. The van der Waals surface area contributed by atoms with Gasteiger partial charge >= 0.3 is 12.1 Å². The summed E-state index contributed by atoms with van der Waals surface area (Å²) in [5.41, 5.74) is -0.527. The summed E-state index contributed by atoms with van der Waals surface area (Å²) in [6, 6.07) is 3.25. The van der Waals surface area contributed by atoms with Gasteiger partial charge in [-0.1, -0.05) is 6.58 Å². The Morgan fingerprint density at radius 1 is 1.31 bits per heavy atom. The van der Waals surface area contributed by atoms with Crippen LogP contribution in [0.4, 0.5) is 10.7 Å². The summed E-state index contributed by atoms with van der Waals surface area (Å²) in [4.78, 5) is 25.6. The summed E-state index contributed by atoms with van der Waals surface area (Å²) in [5.74, 6) is -0.894. The number of aliphatic hydroxyl groups excluding tert-OH is 2. The number of amides is 1. The Hall–Kier alpha value is -2.32. The van der Waals surface area contributed by atoms with Crippen molar-refractivity contribution < 1.29 is 33.7 Å². The molecule has 0 unspecified atom stereocenters. The first-order chi connectivity index (χ1) is 12.2. The lowest BCUT2D eigenvalue weighted by molar-refractivity contribution is -0.141. The van der Waals surface area contributed by atoms with Crippen molar-refractivity contribution in [3.63, 3.8) is 0 Å². The minimum absolute atomic E-state index is 0.111. The molecule has 0 saturated heterocycles. The van der Waals surface area contributed by atoms with Gasteiger partial charge in [-0.25, -0.2) is 14.5 Å². The molecule has 0 aliphatic carbocycles. The Morgan fingerprint density at radius 3 is 2.46 bits per heavy atom. The number of esters is 1. The molecule has 0 aromatic carbocycles. The smallest absolute Gasteiger partial charge is 0.417 e. The van der Waals surface area contributed by atoms with E-state index in [0.717, 1.165) is 0 Å². The molecule has 8 heteroatoms. The van der Waals surface area contributed by atoms with Gasteiger partial charge in [0, 0.05) is 24.1 Å². The van der Waals surface area contributed by atoms with Crippen molar-refractivity contribution in [2.75, 3.05) is 31.3 Å². The number of hydrogen-bond acceptors (Lipinski definition) is 7. The van der Waals surface area contributed by atoms with Gasteiger partial charge < -0.3 is 24.1 Å². The number of hydrogen-bond donors (Lipinski definition) is 2. The third kappa shape index (κ3) is 7.28. The predicted molar refractivity (Wildman–Crippen MR) is 94.7 cm³/mol. The molecule has 1 heterocycles. The largest absolute Gasteiger partial charge is 0.462 e. The molecule has 2 N–H and O–H groups in total. The van der Waals surface area contributed by atoms with E-state index in [0.29, 0.717) is 5.88 Å². The van der Waals surface area contributed by atoms with Crippen LogP contribution >= 0.6 is 0 Å². The van der Waals surface area contributed by atoms with Gasteiger partial charge in [-0.3, -0.25) is 0 Å². The molecule has 0 aliphatic rings. The van der Waals surface area contributed by atoms with Gasteiger partial charge in [-0.05, 0) is 33.3 Å². The van der Waals surface area contributed by atoms with Gasteiger partial charge in [-0.15, -0.1) is 0 Å². The van der Waals surface area contributed by atoms with E-state index in [-0.39, 0.29) is 38.4 Å². The monoisotopic (exact) mass is 369 g/mol. The average Bonchev–Trinajstić information content (AvgIpc) is 3.08. The van der Waals surface area contributed by atoms with E-state index in [4.69, 9.17) is 24.1 Å².